The molecule has 1 N–H and O–H groups in total. The zero-order valence-corrected chi connectivity index (χ0v) is 24.9. The number of fused-ring (bicyclic) bond motifs is 1. The van der Waals surface area contributed by atoms with Crippen LogP contribution in [0, 0.1) is 12.8 Å². The first-order valence-electron chi connectivity index (χ1n) is 14.2. The zero-order valence-electron chi connectivity index (χ0n) is 24.9. The van der Waals surface area contributed by atoms with Gasteiger partial charge in [0, 0.05) is 57.5 Å². The number of nitrogens with zero attached hydrogens (tertiary/aromatic N) is 4. The molecule has 1 amide bonds. The number of carbonyl (C=O) groups excluding carboxylic acids is 2. The number of imidazole rings is 1. The molecule has 2 atom stereocenters. The minimum Gasteiger partial charge on any atom is -0.459 e. The fourth-order valence-electron chi connectivity index (χ4n) is 5.46. The molecule has 1 aliphatic rings. The summed E-state index contributed by atoms with van der Waals surface area (Å²) in [5.74, 6) is 0.977. The van der Waals surface area contributed by atoms with E-state index in [0.717, 1.165) is 60.5 Å². The van der Waals surface area contributed by atoms with Gasteiger partial charge in [-0.05, 0) is 76.6 Å². The predicted molar refractivity (Wildman–Crippen MR) is 157 cm³/mol. The van der Waals surface area contributed by atoms with E-state index in [2.05, 4.69) is 28.1 Å². The van der Waals surface area contributed by atoms with E-state index in [1.54, 1.807) is 18.5 Å². The molecule has 9 nitrogen and oxygen atoms in total. The first-order chi connectivity index (χ1) is 18.9. The molecule has 216 valence electrons. The van der Waals surface area contributed by atoms with E-state index in [1.165, 1.54) is 0 Å². The fraction of sp³-hybridized carbons (Fsp3) is 0.548. The van der Waals surface area contributed by atoms with E-state index in [4.69, 9.17) is 9.72 Å². The van der Waals surface area contributed by atoms with Gasteiger partial charge < -0.3 is 24.1 Å². The molecule has 9 heteroatoms. The molecule has 0 spiro atoms. The number of piperidine rings is 1. The molecule has 1 unspecified atom stereocenters. The Hall–Kier alpha value is -3.46. The summed E-state index contributed by atoms with van der Waals surface area (Å²) in [5, 5.41) is 3.34. The molecule has 1 aromatic carbocycles. The van der Waals surface area contributed by atoms with E-state index < -0.39 is 11.6 Å². The average molecular weight is 550 g/mol. The monoisotopic (exact) mass is 549 g/mol. The van der Waals surface area contributed by atoms with Crippen LogP contribution < -0.4 is 10.9 Å². The summed E-state index contributed by atoms with van der Waals surface area (Å²) in [6, 6.07) is 7.71. The third-order valence-corrected chi connectivity index (χ3v) is 7.49. The average Bonchev–Trinajstić information content (AvgIpc) is 3.24. The van der Waals surface area contributed by atoms with Crippen molar-refractivity contribution >= 4 is 22.9 Å². The number of ether oxygens (including phenoxy) is 1. The van der Waals surface area contributed by atoms with Crippen molar-refractivity contribution in [3.8, 4) is 11.4 Å². The van der Waals surface area contributed by atoms with Crippen molar-refractivity contribution < 1.29 is 14.3 Å². The second-order valence-electron chi connectivity index (χ2n) is 12.0. The van der Waals surface area contributed by atoms with Gasteiger partial charge >= 0.3 is 5.97 Å². The maximum atomic E-state index is 12.6. The van der Waals surface area contributed by atoms with Gasteiger partial charge in [-0.25, -0.2) is 4.98 Å². The van der Waals surface area contributed by atoms with Gasteiger partial charge in [0.25, 0.3) is 5.56 Å². The van der Waals surface area contributed by atoms with Crippen LogP contribution in [0.2, 0.25) is 0 Å². The van der Waals surface area contributed by atoms with E-state index >= 15 is 0 Å². The second kappa shape index (κ2) is 12.0. The number of rotatable bonds is 8. The number of carbonyl (C=O) groups is 2. The molecule has 3 aromatic rings. The van der Waals surface area contributed by atoms with Gasteiger partial charge in [-0.3, -0.25) is 14.4 Å². The van der Waals surface area contributed by atoms with Crippen molar-refractivity contribution in [3.05, 3.63) is 51.9 Å². The van der Waals surface area contributed by atoms with Gasteiger partial charge in [0.2, 0.25) is 5.91 Å². The van der Waals surface area contributed by atoms with Crippen LogP contribution in [0.4, 0.5) is 0 Å². The minimum absolute atomic E-state index is 0.0281. The molecular weight excluding hydrogens is 506 g/mol. The third-order valence-electron chi connectivity index (χ3n) is 7.49. The van der Waals surface area contributed by atoms with Crippen molar-refractivity contribution in [3.63, 3.8) is 0 Å². The maximum Gasteiger partial charge on any atom is 0.323 e. The summed E-state index contributed by atoms with van der Waals surface area (Å²) in [5.41, 5.74) is 3.85. The highest BCUT2D eigenvalue weighted by Gasteiger charge is 2.26. The highest BCUT2D eigenvalue weighted by Crippen LogP contribution is 2.29. The number of benzene rings is 1. The number of nitrogens with one attached hydrogen (secondary N) is 1. The van der Waals surface area contributed by atoms with Gasteiger partial charge in [0.15, 0.2) is 0 Å². The number of hydrogen-bond donors (Lipinski definition) is 1. The molecule has 2 aromatic heterocycles. The Kier molecular flexibility index (Phi) is 8.83. The molecule has 0 radical (unpaired) electrons. The van der Waals surface area contributed by atoms with Crippen LogP contribution in [-0.4, -0.2) is 55.6 Å². The highest BCUT2D eigenvalue weighted by atomic mass is 16.6. The molecule has 0 saturated carbocycles. The van der Waals surface area contributed by atoms with Crippen LogP contribution in [0.5, 0.6) is 0 Å². The van der Waals surface area contributed by atoms with Crippen molar-refractivity contribution in [1.82, 2.24) is 24.3 Å². The van der Waals surface area contributed by atoms with Gasteiger partial charge in [-0.1, -0.05) is 13.0 Å². The largest absolute Gasteiger partial charge is 0.459 e. The van der Waals surface area contributed by atoms with Gasteiger partial charge in [-0.15, -0.1) is 0 Å². The summed E-state index contributed by atoms with van der Waals surface area (Å²) in [7, 11) is 1.76. The molecule has 1 aliphatic heterocycles. The Balaban J connectivity index is 1.66. The molecule has 0 bridgehead atoms. The van der Waals surface area contributed by atoms with Gasteiger partial charge in [-0.2, -0.15) is 0 Å². The number of likely N-dealkylation sites (tertiary alicyclic amines) is 1. The predicted octanol–water partition coefficient (Wildman–Crippen LogP) is 4.18. The first-order valence-corrected chi connectivity index (χ1v) is 14.2. The zero-order chi connectivity index (χ0) is 29.2. The summed E-state index contributed by atoms with van der Waals surface area (Å²) < 4.78 is 9.41. The summed E-state index contributed by atoms with van der Waals surface area (Å²) >= 11 is 0. The Morgan fingerprint density at radius 1 is 1.23 bits per heavy atom. The molecular formula is C31H43N5O4. The lowest BCUT2D eigenvalue weighted by Gasteiger charge is -2.32. The van der Waals surface area contributed by atoms with E-state index in [9.17, 15) is 14.4 Å². The lowest BCUT2D eigenvalue weighted by atomic mass is 9.97. The maximum absolute atomic E-state index is 12.6. The van der Waals surface area contributed by atoms with Gasteiger partial charge in [0.05, 0.1) is 11.0 Å². The van der Waals surface area contributed by atoms with Crippen LogP contribution in [0.25, 0.3) is 22.4 Å². The van der Waals surface area contributed by atoms with Crippen molar-refractivity contribution in [2.75, 3.05) is 13.1 Å². The number of amides is 1. The van der Waals surface area contributed by atoms with Crippen LogP contribution in [-0.2, 0) is 34.5 Å². The highest BCUT2D eigenvalue weighted by molar-refractivity contribution is 5.81. The molecule has 4 rings (SSSR count). The Bertz CT molecular complexity index is 1420. The van der Waals surface area contributed by atoms with Crippen molar-refractivity contribution in [1.29, 1.82) is 0 Å². The third kappa shape index (κ3) is 6.81. The van der Waals surface area contributed by atoms with Crippen LogP contribution in [0.3, 0.4) is 0 Å². The van der Waals surface area contributed by atoms with Crippen molar-refractivity contribution in [2.24, 2.45) is 13.0 Å². The number of hydrogen-bond acceptors (Lipinski definition) is 6. The molecule has 3 heterocycles. The molecule has 1 saturated heterocycles. The number of pyridine rings is 1. The lowest BCUT2D eigenvalue weighted by Crippen LogP contribution is -2.40. The van der Waals surface area contributed by atoms with Crippen LogP contribution >= 0.6 is 0 Å². The fourth-order valence-corrected chi connectivity index (χ4v) is 5.46. The van der Waals surface area contributed by atoms with Gasteiger partial charge in [0.1, 0.15) is 17.5 Å². The molecule has 1 fully saturated rings. The Morgan fingerprint density at radius 3 is 2.62 bits per heavy atom. The van der Waals surface area contributed by atoms with Crippen LogP contribution in [0.15, 0.2) is 35.3 Å². The summed E-state index contributed by atoms with van der Waals surface area (Å²) in [6.07, 6.45) is 4.49. The Morgan fingerprint density at radius 2 is 1.98 bits per heavy atom. The molecule has 40 heavy (non-hydrogen) atoms. The molecule has 0 aliphatic carbocycles. The standard InChI is InChI=1S/C31H43N5O4/c1-8-25(30(39)40-31(4,5)6)32-16-22-11-12-27-26(15-22)33-28(24-14-20(2)29(38)34(7)19-24)36(27)18-23-10-9-13-35(17-23)21(3)37/h11-12,14-15,19,23,25,32H,8-10,13,16-18H2,1-7H3/t23-,25?/m1/s1. The quantitative estimate of drug-likeness (QED) is 0.424. The second-order valence-corrected chi connectivity index (χ2v) is 12.0. The Labute approximate surface area is 236 Å². The smallest absolute Gasteiger partial charge is 0.323 e. The van der Waals surface area contributed by atoms with Crippen molar-refractivity contribution in [2.45, 2.75) is 85.5 Å². The number of aryl methyl sites for hydroxylation is 2. The van der Waals surface area contributed by atoms with E-state index in [-0.39, 0.29) is 17.4 Å². The first kappa shape index (κ1) is 29.5. The lowest BCUT2D eigenvalue weighted by molar-refractivity contribution is -0.157. The SMILES string of the molecule is CCC(NCc1ccc2c(c1)nc(-c1cc(C)c(=O)n(C)c1)n2C[C@@H]1CCCN(C(C)=O)C1)C(=O)OC(C)(C)C. The van der Waals surface area contributed by atoms with E-state index in [1.807, 2.05) is 51.8 Å². The van der Waals surface area contributed by atoms with E-state index in [0.29, 0.717) is 24.4 Å². The number of esters is 1. The minimum atomic E-state index is -0.534. The normalized spacial score (nSPS) is 16.8. The number of aromatic nitrogens is 3. The van der Waals surface area contributed by atoms with Crippen LogP contribution in [0.1, 0.15) is 65.0 Å². The summed E-state index contributed by atoms with van der Waals surface area (Å²) in [4.78, 5) is 44.1. The topological polar surface area (TPSA) is 98.5 Å². The summed E-state index contributed by atoms with van der Waals surface area (Å²) in [6.45, 7) is 13.8.